The highest BCUT2D eigenvalue weighted by Crippen LogP contribution is 2.34. The van der Waals surface area contributed by atoms with E-state index in [0.717, 1.165) is 16.8 Å². The highest BCUT2D eigenvalue weighted by molar-refractivity contribution is 6.30. The predicted molar refractivity (Wildman–Crippen MR) is 141 cm³/mol. The van der Waals surface area contributed by atoms with Crippen molar-refractivity contribution >= 4 is 29.1 Å². The van der Waals surface area contributed by atoms with Gasteiger partial charge < -0.3 is 9.64 Å². The fraction of sp³-hybridized carbons (Fsp3) is 0.464. The van der Waals surface area contributed by atoms with Crippen LogP contribution in [0.2, 0.25) is 5.02 Å². The largest absolute Gasteiger partial charge is 0.383 e. The predicted octanol–water partition coefficient (Wildman–Crippen LogP) is 5.55. The number of amides is 2. The summed E-state index contributed by atoms with van der Waals surface area (Å²) in [5, 5.41) is 6.95. The Morgan fingerprint density at radius 3 is 2.40 bits per heavy atom. The molecule has 2 aromatic carbocycles. The van der Waals surface area contributed by atoms with Crippen LogP contribution in [0.4, 0.5) is 0 Å². The number of rotatable bonds is 8. The average Bonchev–Trinajstić information content (AvgIpc) is 3.23. The van der Waals surface area contributed by atoms with Crippen LogP contribution < -0.4 is 0 Å². The van der Waals surface area contributed by atoms with Crippen LogP contribution in [0.15, 0.2) is 47.6 Å². The van der Waals surface area contributed by atoms with Crippen LogP contribution >= 0.6 is 11.6 Å². The van der Waals surface area contributed by atoms with Gasteiger partial charge in [-0.1, -0.05) is 56.6 Å². The zero-order chi connectivity index (χ0) is 25.8. The molecule has 7 heteroatoms. The van der Waals surface area contributed by atoms with E-state index >= 15 is 0 Å². The molecule has 0 fully saturated rings. The van der Waals surface area contributed by atoms with Crippen LogP contribution in [0.3, 0.4) is 0 Å². The topological polar surface area (TPSA) is 62.2 Å². The number of ether oxygens (including phenoxy) is 1. The summed E-state index contributed by atoms with van der Waals surface area (Å²) >= 11 is 6.11. The lowest BCUT2D eigenvalue weighted by Gasteiger charge is -2.29. The maximum atomic E-state index is 13.6. The van der Waals surface area contributed by atoms with E-state index in [1.165, 1.54) is 16.1 Å². The Hall–Kier alpha value is -2.70. The van der Waals surface area contributed by atoms with Gasteiger partial charge in [-0.25, -0.2) is 5.01 Å². The van der Waals surface area contributed by atoms with Gasteiger partial charge in [0.1, 0.15) is 6.54 Å². The molecule has 1 aliphatic rings. The Kier molecular flexibility index (Phi) is 8.73. The van der Waals surface area contributed by atoms with Gasteiger partial charge in [0.15, 0.2) is 0 Å². The van der Waals surface area contributed by atoms with E-state index in [1.807, 2.05) is 51.1 Å². The number of halogens is 1. The lowest BCUT2D eigenvalue weighted by molar-refractivity contribution is -0.143. The number of carbonyl (C=O) groups excluding carboxylic acids is 2. The molecule has 1 aliphatic heterocycles. The summed E-state index contributed by atoms with van der Waals surface area (Å²) in [6.07, 6.45) is 0.936. The van der Waals surface area contributed by atoms with Crippen molar-refractivity contribution in [2.75, 3.05) is 26.8 Å². The Morgan fingerprint density at radius 1 is 1.11 bits per heavy atom. The van der Waals surface area contributed by atoms with Crippen LogP contribution in [0.25, 0.3) is 0 Å². The molecule has 0 N–H and O–H groups in total. The number of benzene rings is 2. The fourth-order valence-corrected chi connectivity index (χ4v) is 4.20. The molecule has 0 bridgehead atoms. The molecule has 1 atom stereocenters. The molecule has 6 nitrogen and oxygen atoms in total. The Bertz CT molecular complexity index is 1090. The molecule has 0 saturated carbocycles. The first-order valence-electron chi connectivity index (χ1n) is 12.0. The third-order valence-electron chi connectivity index (χ3n) is 6.19. The number of aryl methyl sites for hydroxylation is 2. The second-order valence-electron chi connectivity index (χ2n) is 10.4. The Morgan fingerprint density at radius 2 is 1.80 bits per heavy atom. The summed E-state index contributed by atoms with van der Waals surface area (Å²) in [6.45, 7) is 10.8. The van der Waals surface area contributed by atoms with Crippen LogP contribution in [0.1, 0.15) is 61.9 Å². The minimum Gasteiger partial charge on any atom is -0.383 e. The number of hydrazone groups is 1. The molecule has 1 heterocycles. The van der Waals surface area contributed by atoms with E-state index in [1.54, 1.807) is 12.0 Å². The van der Waals surface area contributed by atoms with Gasteiger partial charge in [-0.15, -0.1) is 0 Å². The van der Waals surface area contributed by atoms with E-state index in [2.05, 4.69) is 26.0 Å². The monoisotopic (exact) mass is 497 g/mol. The van der Waals surface area contributed by atoms with Gasteiger partial charge in [-0.2, -0.15) is 5.10 Å². The minimum atomic E-state index is -0.265. The first kappa shape index (κ1) is 26.9. The van der Waals surface area contributed by atoms with Crippen molar-refractivity contribution in [3.05, 3.63) is 69.7 Å². The average molecular weight is 498 g/mol. The maximum absolute atomic E-state index is 13.6. The second kappa shape index (κ2) is 11.4. The van der Waals surface area contributed by atoms with Crippen LogP contribution in [0.5, 0.6) is 0 Å². The molecule has 35 heavy (non-hydrogen) atoms. The summed E-state index contributed by atoms with van der Waals surface area (Å²) < 4.78 is 5.20. The molecule has 2 aromatic rings. The SMILES string of the molecule is COCCN(CC(=O)N1N=C(c2ccc(C)c(C)c2)CC1c1ccc(Cl)cc1)C(=O)CC(C)(C)C. The van der Waals surface area contributed by atoms with Crippen LogP contribution in [-0.2, 0) is 14.3 Å². The van der Waals surface area contributed by atoms with E-state index in [9.17, 15) is 9.59 Å². The van der Waals surface area contributed by atoms with Gasteiger partial charge in [-0.3, -0.25) is 9.59 Å². The highest BCUT2D eigenvalue weighted by atomic mass is 35.5. The Balaban J connectivity index is 1.91. The first-order chi connectivity index (χ1) is 16.5. The molecule has 2 amide bonds. The standard InChI is InChI=1S/C28H36ClN3O3/c1-19-7-8-22(15-20(19)2)24-16-25(21-9-11-23(29)12-10-21)32(30-24)27(34)18-31(13-14-35-6)26(33)17-28(3,4)5/h7-12,15,25H,13-14,16-18H2,1-6H3. The van der Waals surface area contributed by atoms with Crippen molar-refractivity contribution < 1.29 is 14.3 Å². The summed E-state index contributed by atoms with van der Waals surface area (Å²) in [4.78, 5) is 28.2. The van der Waals surface area contributed by atoms with Gasteiger partial charge in [-0.05, 0) is 59.7 Å². The number of nitrogens with zero attached hydrogens (tertiary/aromatic N) is 3. The molecule has 0 radical (unpaired) electrons. The lowest BCUT2D eigenvalue weighted by atomic mass is 9.91. The van der Waals surface area contributed by atoms with Crippen molar-refractivity contribution in [1.82, 2.24) is 9.91 Å². The van der Waals surface area contributed by atoms with E-state index in [0.29, 0.717) is 31.0 Å². The summed E-state index contributed by atoms with van der Waals surface area (Å²) in [5.41, 5.74) is 5.01. The van der Waals surface area contributed by atoms with Gasteiger partial charge in [0, 0.05) is 31.5 Å². The van der Waals surface area contributed by atoms with Gasteiger partial charge in [0.05, 0.1) is 18.4 Å². The normalized spacial score (nSPS) is 15.8. The van der Waals surface area contributed by atoms with Crippen molar-refractivity contribution in [2.24, 2.45) is 10.5 Å². The quantitative estimate of drug-likeness (QED) is 0.480. The molecule has 3 rings (SSSR count). The van der Waals surface area contributed by atoms with E-state index < -0.39 is 0 Å². The number of carbonyl (C=O) groups is 2. The zero-order valence-electron chi connectivity index (χ0n) is 21.6. The van der Waals surface area contributed by atoms with E-state index in [4.69, 9.17) is 21.4 Å². The minimum absolute atomic E-state index is 0.0495. The summed E-state index contributed by atoms with van der Waals surface area (Å²) in [6, 6.07) is 13.5. The van der Waals surface area contributed by atoms with Crippen molar-refractivity contribution in [1.29, 1.82) is 0 Å². The number of hydrogen-bond donors (Lipinski definition) is 0. The number of methoxy groups -OCH3 is 1. The molecule has 0 saturated heterocycles. The summed E-state index contributed by atoms with van der Waals surface area (Å²) in [5.74, 6) is -0.286. The molecular formula is C28H36ClN3O3. The number of hydrogen-bond acceptors (Lipinski definition) is 4. The van der Waals surface area contributed by atoms with Crippen molar-refractivity contribution in [2.45, 2.75) is 53.5 Å². The molecule has 0 aliphatic carbocycles. The van der Waals surface area contributed by atoms with Crippen LogP contribution in [-0.4, -0.2) is 54.2 Å². The molecule has 188 valence electrons. The molecule has 1 unspecified atom stereocenters. The van der Waals surface area contributed by atoms with Gasteiger partial charge in [0.25, 0.3) is 5.91 Å². The highest BCUT2D eigenvalue weighted by Gasteiger charge is 2.34. The first-order valence-corrected chi connectivity index (χ1v) is 12.4. The second-order valence-corrected chi connectivity index (χ2v) is 10.8. The van der Waals surface area contributed by atoms with Gasteiger partial charge in [0.2, 0.25) is 5.91 Å². The van der Waals surface area contributed by atoms with Crippen molar-refractivity contribution in [3.63, 3.8) is 0 Å². The molecule has 0 spiro atoms. The lowest BCUT2D eigenvalue weighted by Crippen LogP contribution is -2.43. The molecule has 0 aromatic heterocycles. The van der Waals surface area contributed by atoms with E-state index in [-0.39, 0.29) is 29.8 Å². The third-order valence-corrected chi connectivity index (χ3v) is 6.44. The van der Waals surface area contributed by atoms with Crippen molar-refractivity contribution in [3.8, 4) is 0 Å². The smallest absolute Gasteiger partial charge is 0.262 e. The molecular weight excluding hydrogens is 462 g/mol. The summed E-state index contributed by atoms with van der Waals surface area (Å²) in [7, 11) is 1.59. The van der Waals surface area contributed by atoms with Gasteiger partial charge >= 0.3 is 0 Å². The maximum Gasteiger partial charge on any atom is 0.262 e. The Labute approximate surface area is 213 Å². The third kappa shape index (κ3) is 7.15. The van der Waals surface area contributed by atoms with Crippen LogP contribution in [0, 0.1) is 19.3 Å². The zero-order valence-corrected chi connectivity index (χ0v) is 22.4. The fourth-order valence-electron chi connectivity index (χ4n) is 4.07.